The number of ether oxygens (including phenoxy) is 1. The van der Waals surface area contributed by atoms with Gasteiger partial charge in [-0.2, -0.15) is 0 Å². The first-order valence-electron chi connectivity index (χ1n) is 10.3. The van der Waals surface area contributed by atoms with Crippen LogP contribution in [0.2, 0.25) is 0 Å². The molecule has 6 heteroatoms. The Morgan fingerprint density at radius 2 is 1.69 bits per heavy atom. The van der Waals surface area contributed by atoms with Crippen LogP contribution >= 0.6 is 0 Å². The number of amides is 1. The molecule has 0 saturated heterocycles. The molecule has 1 heterocycles. The van der Waals surface area contributed by atoms with E-state index in [9.17, 15) is 14.7 Å². The van der Waals surface area contributed by atoms with Crippen LogP contribution in [0, 0.1) is 0 Å². The molecule has 3 rings (SSSR count). The highest BCUT2D eigenvalue weighted by atomic mass is 16.5. The molecule has 6 nitrogen and oxygen atoms in total. The van der Waals surface area contributed by atoms with E-state index in [1.54, 1.807) is 11.8 Å². The lowest BCUT2D eigenvalue weighted by Gasteiger charge is -2.31. The van der Waals surface area contributed by atoms with E-state index in [1.807, 2.05) is 0 Å². The first-order valence-corrected chi connectivity index (χ1v) is 10.3. The number of quaternary nitrogens is 1. The van der Waals surface area contributed by atoms with E-state index in [4.69, 9.17) is 4.74 Å². The van der Waals surface area contributed by atoms with E-state index in [2.05, 4.69) is 12.4 Å². The normalized spacial score (nSPS) is 22.2. The molecule has 1 amide bonds. The van der Waals surface area contributed by atoms with Crippen molar-refractivity contribution in [3.05, 3.63) is 11.3 Å². The van der Waals surface area contributed by atoms with Gasteiger partial charge in [-0.25, -0.2) is 4.79 Å². The van der Waals surface area contributed by atoms with Gasteiger partial charge in [0.15, 0.2) is 0 Å². The molecule has 26 heavy (non-hydrogen) atoms. The van der Waals surface area contributed by atoms with Crippen LogP contribution in [0.3, 0.4) is 0 Å². The Labute approximate surface area is 157 Å². The molecule has 0 atom stereocenters. The van der Waals surface area contributed by atoms with Crippen molar-refractivity contribution in [2.24, 2.45) is 0 Å². The molecule has 1 aliphatic heterocycles. The average molecular weight is 367 g/mol. The zero-order valence-electron chi connectivity index (χ0n) is 16.3. The first kappa shape index (κ1) is 20.7. The highest BCUT2D eigenvalue weighted by Gasteiger charge is 2.34. The minimum absolute atomic E-state index is 0.00702. The van der Waals surface area contributed by atoms with Gasteiger partial charge in [-0.1, -0.05) is 25.7 Å². The summed E-state index contributed by atoms with van der Waals surface area (Å²) in [5.74, 6) is -1.86. The lowest BCUT2D eigenvalue weighted by Crippen LogP contribution is -2.86. The molecule has 148 valence electrons. The summed E-state index contributed by atoms with van der Waals surface area (Å²) in [5, 5.41) is 14.1. The molecule has 2 aliphatic carbocycles. The molecule has 0 bridgehead atoms. The highest BCUT2D eigenvalue weighted by molar-refractivity contribution is 6.04. The van der Waals surface area contributed by atoms with Gasteiger partial charge in [-0.05, 0) is 51.2 Å². The van der Waals surface area contributed by atoms with E-state index >= 15 is 0 Å². The maximum atomic E-state index is 11.9. The summed E-state index contributed by atoms with van der Waals surface area (Å²) in [5.41, 5.74) is -0.00702. The predicted octanol–water partition coefficient (Wildman–Crippen LogP) is 0.851. The molecule has 0 unspecified atom stereocenters. The zero-order valence-corrected chi connectivity index (χ0v) is 16.3. The largest absolute Gasteiger partial charge is 0.868 e. The Morgan fingerprint density at radius 1 is 1.12 bits per heavy atom. The third-order valence-electron chi connectivity index (χ3n) is 5.72. The topological polar surface area (TPSA) is 86.3 Å². The van der Waals surface area contributed by atoms with Crippen molar-refractivity contribution in [2.75, 3.05) is 20.2 Å². The number of carbonyl (C=O) groups excluding carboxylic acids is 2. The second kappa shape index (κ2) is 10.6. The van der Waals surface area contributed by atoms with Crippen molar-refractivity contribution in [1.82, 2.24) is 4.90 Å². The van der Waals surface area contributed by atoms with Crippen LogP contribution in [0.1, 0.15) is 71.1 Å². The second-order valence-electron chi connectivity index (χ2n) is 7.48. The number of hydrogen-bond donors (Lipinski definition) is 1. The van der Waals surface area contributed by atoms with Gasteiger partial charge >= 0.3 is 5.97 Å². The molecule has 0 spiro atoms. The summed E-state index contributed by atoms with van der Waals surface area (Å²) in [6.45, 7) is 2.02. The van der Waals surface area contributed by atoms with Crippen molar-refractivity contribution in [3.63, 3.8) is 0 Å². The average Bonchev–Trinajstić information content (AvgIpc) is 2.99. The predicted molar refractivity (Wildman–Crippen MR) is 97.0 cm³/mol. The Hall–Kier alpha value is -1.56. The third-order valence-corrected chi connectivity index (χ3v) is 5.72. The molecule has 2 N–H and O–H groups in total. The first-order chi connectivity index (χ1) is 12.6. The van der Waals surface area contributed by atoms with Crippen LogP contribution in [-0.2, 0) is 14.3 Å². The van der Waals surface area contributed by atoms with Crippen molar-refractivity contribution < 1.29 is 24.7 Å². The van der Waals surface area contributed by atoms with E-state index in [0.717, 1.165) is 31.7 Å². The number of carbonyl (C=O) groups is 2. The molecule has 0 radical (unpaired) electrons. The summed E-state index contributed by atoms with van der Waals surface area (Å²) in [6, 6.07) is 1.07. The fourth-order valence-electron chi connectivity index (χ4n) is 4.10. The van der Waals surface area contributed by atoms with Gasteiger partial charge in [0, 0.05) is 6.04 Å². The van der Waals surface area contributed by atoms with Gasteiger partial charge < -0.3 is 20.1 Å². The molecular formula is C20H34N2O4. The van der Waals surface area contributed by atoms with Crippen LogP contribution in [0.5, 0.6) is 0 Å². The van der Waals surface area contributed by atoms with Crippen LogP contribution in [0.25, 0.3) is 0 Å². The van der Waals surface area contributed by atoms with Crippen LogP contribution in [-0.4, -0.2) is 49.1 Å². The SMILES string of the molecule is CCOC(=O)C1=C([O-])C(=O)N(C2CCCCC2)C1.C[NH2+]C1CCCCC1. The molecule has 0 aromatic heterocycles. The summed E-state index contributed by atoms with van der Waals surface area (Å²) >= 11 is 0. The zero-order chi connectivity index (χ0) is 18.9. The summed E-state index contributed by atoms with van der Waals surface area (Å²) < 4.78 is 4.80. The van der Waals surface area contributed by atoms with Gasteiger partial charge in [0.1, 0.15) is 0 Å². The van der Waals surface area contributed by atoms with Gasteiger partial charge in [-0.15, -0.1) is 0 Å². The number of hydrogen-bond acceptors (Lipinski definition) is 4. The Kier molecular flexibility index (Phi) is 8.42. The number of nitrogens with zero attached hydrogens (tertiary/aromatic N) is 1. The summed E-state index contributed by atoms with van der Waals surface area (Å²) in [6.07, 6.45) is 12.5. The number of esters is 1. The standard InChI is InChI=1S/C13H19NO4.C7H15N/c1-2-18-13(17)10-8-14(12(16)11(10)15)9-6-4-3-5-7-9;1-8-7-5-3-2-4-6-7/h9,15H,2-8H2,1H3;7-8H,2-6H2,1H3. The van der Waals surface area contributed by atoms with Crippen molar-refractivity contribution >= 4 is 11.9 Å². The Balaban J connectivity index is 0.000000254. The van der Waals surface area contributed by atoms with Crippen molar-refractivity contribution in [3.8, 4) is 0 Å². The fraction of sp³-hybridized carbons (Fsp3) is 0.800. The number of nitrogens with two attached hydrogens (primary N) is 1. The molecular weight excluding hydrogens is 332 g/mol. The highest BCUT2D eigenvalue weighted by Crippen LogP contribution is 2.27. The molecule has 0 aromatic carbocycles. The third kappa shape index (κ3) is 5.47. The van der Waals surface area contributed by atoms with Gasteiger partial charge in [0.2, 0.25) is 5.91 Å². The quantitative estimate of drug-likeness (QED) is 0.748. The van der Waals surface area contributed by atoms with E-state index in [1.165, 1.54) is 38.5 Å². The van der Waals surface area contributed by atoms with Gasteiger partial charge in [0.25, 0.3) is 0 Å². The lowest BCUT2D eigenvalue weighted by atomic mass is 9.94. The molecule has 2 fully saturated rings. The Bertz CT molecular complexity index is 506. The molecule has 3 aliphatic rings. The summed E-state index contributed by atoms with van der Waals surface area (Å²) in [4.78, 5) is 25.0. The maximum Gasteiger partial charge on any atom is 0.335 e. The second-order valence-corrected chi connectivity index (χ2v) is 7.48. The van der Waals surface area contributed by atoms with E-state index in [0.29, 0.717) is 0 Å². The number of rotatable bonds is 4. The monoisotopic (exact) mass is 366 g/mol. The van der Waals surface area contributed by atoms with E-state index < -0.39 is 17.6 Å². The fourth-order valence-corrected chi connectivity index (χ4v) is 4.10. The lowest BCUT2D eigenvalue weighted by molar-refractivity contribution is -0.666. The summed E-state index contributed by atoms with van der Waals surface area (Å²) in [7, 11) is 2.19. The maximum absolute atomic E-state index is 11.9. The smallest absolute Gasteiger partial charge is 0.335 e. The molecule has 0 aromatic rings. The van der Waals surface area contributed by atoms with Gasteiger partial charge in [0.05, 0.1) is 31.8 Å². The van der Waals surface area contributed by atoms with Crippen LogP contribution < -0.4 is 10.4 Å². The minimum Gasteiger partial charge on any atom is -0.868 e. The van der Waals surface area contributed by atoms with Gasteiger partial charge in [-0.3, -0.25) is 4.79 Å². The van der Waals surface area contributed by atoms with Crippen molar-refractivity contribution in [2.45, 2.75) is 83.2 Å². The van der Waals surface area contributed by atoms with Crippen LogP contribution in [0.4, 0.5) is 0 Å². The van der Waals surface area contributed by atoms with E-state index in [-0.39, 0.29) is 24.8 Å². The minimum atomic E-state index is -0.681. The Morgan fingerprint density at radius 3 is 2.19 bits per heavy atom. The van der Waals surface area contributed by atoms with Crippen molar-refractivity contribution in [1.29, 1.82) is 0 Å². The van der Waals surface area contributed by atoms with Crippen LogP contribution in [0.15, 0.2) is 11.3 Å². The molecule has 2 saturated carbocycles.